The average Bonchev–Trinajstić information content (AvgIpc) is 3.31. The molecule has 1 saturated heterocycles. The van der Waals surface area contributed by atoms with E-state index in [1.165, 1.54) is 0 Å². The van der Waals surface area contributed by atoms with E-state index in [9.17, 15) is 4.79 Å². The van der Waals surface area contributed by atoms with E-state index in [2.05, 4.69) is 15.6 Å². The minimum Gasteiger partial charge on any atom is -0.492 e. The van der Waals surface area contributed by atoms with Crippen molar-refractivity contribution < 1.29 is 9.53 Å². The highest BCUT2D eigenvalue weighted by Crippen LogP contribution is 2.16. The van der Waals surface area contributed by atoms with Gasteiger partial charge in [0.2, 0.25) is 0 Å². The number of urea groups is 1. The molecule has 1 heterocycles. The van der Waals surface area contributed by atoms with Crippen LogP contribution in [0.15, 0.2) is 53.5 Å². The van der Waals surface area contributed by atoms with Crippen molar-refractivity contribution in [3.63, 3.8) is 0 Å². The smallest absolute Gasteiger partial charge is 0.321 e. The van der Waals surface area contributed by atoms with E-state index in [1.54, 1.807) is 7.05 Å². The molecule has 1 fully saturated rings. The third-order valence-corrected chi connectivity index (χ3v) is 5.36. The highest BCUT2D eigenvalue weighted by molar-refractivity contribution is 14.0. The van der Waals surface area contributed by atoms with Crippen LogP contribution < -0.4 is 15.4 Å². The molecule has 0 bridgehead atoms. The van der Waals surface area contributed by atoms with E-state index in [4.69, 9.17) is 16.3 Å². The maximum atomic E-state index is 12.3. The fourth-order valence-corrected chi connectivity index (χ4v) is 3.51. The van der Waals surface area contributed by atoms with Crippen molar-refractivity contribution in [1.29, 1.82) is 0 Å². The monoisotopic (exact) mass is 571 g/mol. The summed E-state index contributed by atoms with van der Waals surface area (Å²) in [4.78, 5) is 20.5. The lowest BCUT2D eigenvalue weighted by molar-refractivity contribution is 0.222. The number of guanidine groups is 1. The Balaban J connectivity index is 0.00000363. The number of hydrogen-bond acceptors (Lipinski definition) is 3. The number of carbonyl (C=O) groups excluding carboxylic acids is 1. The summed E-state index contributed by atoms with van der Waals surface area (Å²) >= 11 is 5.90. The first-order valence-corrected chi connectivity index (χ1v) is 10.9. The van der Waals surface area contributed by atoms with Crippen molar-refractivity contribution in [3.8, 4) is 5.75 Å². The van der Waals surface area contributed by atoms with E-state index < -0.39 is 0 Å². The summed E-state index contributed by atoms with van der Waals surface area (Å²) in [6, 6.07) is 15.2. The average molecular weight is 572 g/mol. The number of anilines is 1. The first-order valence-electron chi connectivity index (χ1n) is 10.5. The summed E-state index contributed by atoms with van der Waals surface area (Å²) in [6.45, 7) is 3.46. The minimum absolute atomic E-state index is 0. The van der Waals surface area contributed by atoms with Gasteiger partial charge in [0.15, 0.2) is 5.96 Å². The Labute approximate surface area is 212 Å². The molecule has 0 aromatic heterocycles. The van der Waals surface area contributed by atoms with Crippen LogP contribution in [0.3, 0.4) is 0 Å². The largest absolute Gasteiger partial charge is 0.492 e. The number of hydrogen-bond donors (Lipinski definition) is 2. The van der Waals surface area contributed by atoms with Crippen LogP contribution in [-0.4, -0.2) is 62.1 Å². The van der Waals surface area contributed by atoms with Crippen molar-refractivity contribution in [2.75, 3.05) is 45.7 Å². The van der Waals surface area contributed by atoms with Gasteiger partial charge in [0.1, 0.15) is 12.4 Å². The standard InChI is InChI=1S/C23H30ClN5O2.HI/c1-25-22(28(2)14-15-31-21-10-8-19(24)9-11-21)26-17-18-6-5-7-20(16-18)27-23(30)29-12-3-4-13-29;/h5-11,16H,3-4,12-15,17H2,1-2H3,(H,25,26)(H,27,30);1H. The molecule has 2 N–H and O–H groups in total. The second-order valence-electron chi connectivity index (χ2n) is 7.45. The molecule has 1 aliphatic rings. The number of halogens is 2. The fourth-order valence-electron chi connectivity index (χ4n) is 3.38. The molecule has 2 aromatic rings. The predicted molar refractivity (Wildman–Crippen MR) is 141 cm³/mol. The third-order valence-electron chi connectivity index (χ3n) is 5.10. The summed E-state index contributed by atoms with van der Waals surface area (Å²) in [5, 5.41) is 7.04. The van der Waals surface area contributed by atoms with Gasteiger partial charge in [0.25, 0.3) is 0 Å². The van der Waals surface area contributed by atoms with Gasteiger partial charge in [-0.2, -0.15) is 0 Å². The van der Waals surface area contributed by atoms with Crippen LogP contribution >= 0.6 is 35.6 Å². The molecular formula is C23H31ClIN5O2. The van der Waals surface area contributed by atoms with E-state index in [-0.39, 0.29) is 30.0 Å². The first-order chi connectivity index (χ1) is 15.0. The zero-order valence-electron chi connectivity index (χ0n) is 18.5. The summed E-state index contributed by atoms with van der Waals surface area (Å²) in [5.74, 6) is 1.56. The number of likely N-dealkylation sites (tertiary alicyclic amines) is 1. The normalized spacial score (nSPS) is 13.3. The number of amides is 2. The molecule has 2 aromatic carbocycles. The number of rotatable bonds is 7. The summed E-state index contributed by atoms with van der Waals surface area (Å²) in [5.41, 5.74) is 1.86. The Morgan fingerprint density at radius 2 is 1.91 bits per heavy atom. The quantitative estimate of drug-likeness (QED) is 0.288. The van der Waals surface area contributed by atoms with Crippen LogP contribution in [0.2, 0.25) is 5.02 Å². The van der Waals surface area contributed by atoms with Crippen molar-refractivity contribution >= 4 is 53.3 Å². The summed E-state index contributed by atoms with van der Waals surface area (Å²) in [7, 11) is 3.72. The molecule has 7 nitrogen and oxygen atoms in total. The topological polar surface area (TPSA) is 69.2 Å². The first kappa shape index (κ1) is 26.1. The number of benzene rings is 2. The number of ether oxygens (including phenoxy) is 1. The van der Waals surface area contributed by atoms with E-state index in [0.717, 1.165) is 48.9 Å². The Kier molecular flexibility index (Phi) is 10.9. The fraction of sp³-hybridized carbons (Fsp3) is 0.391. The van der Waals surface area contributed by atoms with Gasteiger partial charge < -0.3 is 25.2 Å². The highest BCUT2D eigenvalue weighted by atomic mass is 127. The molecule has 32 heavy (non-hydrogen) atoms. The molecule has 0 saturated carbocycles. The lowest BCUT2D eigenvalue weighted by Crippen LogP contribution is -2.40. The van der Waals surface area contributed by atoms with Crippen molar-refractivity contribution in [1.82, 2.24) is 15.1 Å². The second-order valence-corrected chi connectivity index (χ2v) is 7.89. The molecule has 174 valence electrons. The van der Waals surface area contributed by atoms with E-state index in [1.807, 2.05) is 65.4 Å². The highest BCUT2D eigenvalue weighted by Gasteiger charge is 2.17. The second kappa shape index (κ2) is 13.4. The van der Waals surface area contributed by atoms with Crippen molar-refractivity contribution in [2.45, 2.75) is 19.4 Å². The van der Waals surface area contributed by atoms with Gasteiger partial charge in [0, 0.05) is 44.4 Å². The molecule has 9 heteroatoms. The number of likely N-dealkylation sites (N-methyl/N-ethyl adjacent to an activating group) is 1. The Morgan fingerprint density at radius 1 is 1.19 bits per heavy atom. The Morgan fingerprint density at radius 3 is 2.59 bits per heavy atom. The van der Waals surface area contributed by atoms with Crippen molar-refractivity contribution in [3.05, 3.63) is 59.1 Å². The molecule has 3 rings (SSSR count). The number of aliphatic imine (C=N–C) groups is 1. The number of nitrogens with one attached hydrogen (secondary N) is 2. The van der Waals surface area contributed by atoms with Crippen LogP contribution in [0.25, 0.3) is 0 Å². The van der Waals surface area contributed by atoms with Crippen molar-refractivity contribution in [2.24, 2.45) is 4.99 Å². The van der Waals surface area contributed by atoms with E-state index in [0.29, 0.717) is 24.7 Å². The van der Waals surface area contributed by atoms with Gasteiger partial charge in [-0.15, -0.1) is 24.0 Å². The van der Waals surface area contributed by atoms with Gasteiger partial charge >= 0.3 is 6.03 Å². The molecular weight excluding hydrogens is 541 g/mol. The van der Waals surface area contributed by atoms with Gasteiger partial charge in [0.05, 0.1) is 6.54 Å². The SMILES string of the molecule is CN=C(NCc1cccc(NC(=O)N2CCCC2)c1)N(C)CCOc1ccc(Cl)cc1.I. The van der Waals surface area contributed by atoms with Gasteiger partial charge in [-0.05, 0) is 54.8 Å². The molecule has 0 atom stereocenters. The summed E-state index contributed by atoms with van der Waals surface area (Å²) < 4.78 is 5.76. The molecule has 1 aliphatic heterocycles. The molecule has 0 aliphatic carbocycles. The Bertz CT molecular complexity index is 888. The molecule has 2 amide bonds. The zero-order chi connectivity index (χ0) is 22.1. The third kappa shape index (κ3) is 8.05. The lowest BCUT2D eigenvalue weighted by Gasteiger charge is -2.22. The minimum atomic E-state index is -0.0289. The summed E-state index contributed by atoms with van der Waals surface area (Å²) in [6.07, 6.45) is 2.16. The van der Waals surface area contributed by atoms with E-state index >= 15 is 0 Å². The molecule has 0 radical (unpaired) electrons. The molecule has 0 spiro atoms. The van der Waals surface area contributed by atoms with Crippen LogP contribution in [-0.2, 0) is 6.54 Å². The maximum Gasteiger partial charge on any atom is 0.321 e. The zero-order valence-corrected chi connectivity index (χ0v) is 21.6. The Hall–Kier alpha value is -2.20. The van der Waals surface area contributed by atoms with Crippen LogP contribution in [0.5, 0.6) is 5.75 Å². The van der Waals surface area contributed by atoms with Crippen LogP contribution in [0.4, 0.5) is 10.5 Å². The number of nitrogens with zero attached hydrogens (tertiary/aromatic N) is 3. The predicted octanol–water partition coefficient (Wildman–Crippen LogP) is 4.67. The van der Waals surface area contributed by atoms with Crippen LogP contribution in [0.1, 0.15) is 18.4 Å². The molecule has 0 unspecified atom stereocenters. The maximum absolute atomic E-state index is 12.3. The van der Waals surface area contributed by atoms with Gasteiger partial charge in [-0.1, -0.05) is 23.7 Å². The number of carbonyl (C=O) groups is 1. The van der Waals surface area contributed by atoms with Gasteiger partial charge in [-0.25, -0.2) is 4.79 Å². The van der Waals surface area contributed by atoms with Crippen LogP contribution in [0, 0.1) is 0 Å². The van der Waals surface area contributed by atoms with Gasteiger partial charge in [-0.3, -0.25) is 4.99 Å². The lowest BCUT2D eigenvalue weighted by atomic mass is 10.2.